The van der Waals surface area contributed by atoms with Crippen LogP contribution in [-0.4, -0.2) is 67.7 Å². The maximum absolute atomic E-state index is 12.9. The van der Waals surface area contributed by atoms with Gasteiger partial charge in [0.2, 0.25) is 10.0 Å². The van der Waals surface area contributed by atoms with Crippen molar-refractivity contribution in [3.63, 3.8) is 0 Å². The first kappa shape index (κ1) is 23.0. The van der Waals surface area contributed by atoms with Gasteiger partial charge in [0.25, 0.3) is 5.91 Å². The largest absolute Gasteiger partial charge is 0.336 e. The maximum atomic E-state index is 12.9. The van der Waals surface area contributed by atoms with Gasteiger partial charge in [-0.1, -0.05) is 38.1 Å². The molecule has 2 heterocycles. The van der Waals surface area contributed by atoms with Gasteiger partial charge in [-0.05, 0) is 54.2 Å². The van der Waals surface area contributed by atoms with Crippen molar-refractivity contribution in [3.8, 4) is 0 Å². The molecule has 0 radical (unpaired) electrons. The molecule has 2 saturated heterocycles. The Morgan fingerprint density at radius 1 is 0.844 bits per heavy atom. The van der Waals surface area contributed by atoms with Gasteiger partial charge in [-0.2, -0.15) is 4.31 Å². The number of rotatable bonds is 6. The number of benzene rings is 2. The third kappa shape index (κ3) is 5.05. The fraction of sp³-hybridized carbons (Fsp3) is 0.480. The van der Waals surface area contributed by atoms with Crippen LogP contribution in [0.1, 0.15) is 54.1 Å². The molecule has 0 aromatic heterocycles. The van der Waals surface area contributed by atoms with Gasteiger partial charge in [0.05, 0.1) is 4.90 Å². The lowest BCUT2D eigenvalue weighted by Crippen LogP contribution is -2.48. The van der Waals surface area contributed by atoms with E-state index in [0.29, 0.717) is 37.7 Å². The molecule has 0 unspecified atom stereocenters. The Morgan fingerprint density at radius 2 is 1.44 bits per heavy atom. The van der Waals surface area contributed by atoms with Crippen LogP contribution in [0.2, 0.25) is 0 Å². The van der Waals surface area contributed by atoms with E-state index in [4.69, 9.17) is 0 Å². The second-order valence-electron chi connectivity index (χ2n) is 9.10. The van der Waals surface area contributed by atoms with E-state index in [1.165, 1.54) is 15.4 Å². The molecule has 0 aliphatic carbocycles. The van der Waals surface area contributed by atoms with E-state index in [2.05, 4.69) is 43.0 Å². The first-order chi connectivity index (χ1) is 15.3. The fourth-order valence-corrected chi connectivity index (χ4v) is 5.92. The Balaban J connectivity index is 1.32. The second kappa shape index (κ2) is 9.73. The average molecular weight is 456 g/mol. The van der Waals surface area contributed by atoms with Crippen LogP contribution >= 0.6 is 0 Å². The summed E-state index contributed by atoms with van der Waals surface area (Å²) >= 11 is 0. The van der Waals surface area contributed by atoms with Crippen molar-refractivity contribution >= 4 is 15.9 Å². The normalized spacial score (nSPS) is 18.4. The van der Waals surface area contributed by atoms with Gasteiger partial charge in [0, 0.05) is 51.4 Å². The maximum Gasteiger partial charge on any atom is 0.253 e. The molecule has 0 N–H and O–H groups in total. The van der Waals surface area contributed by atoms with E-state index < -0.39 is 10.0 Å². The number of piperazine rings is 1. The Kier molecular flexibility index (Phi) is 6.98. The first-order valence-corrected chi connectivity index (χ1v) is 13.0. The number of sulfonamides is 1. The molecule has 32 heavy (non-hydrogen) atoms. The number of carbonyl (C=O) groups excluding carboxylic acids is 1. The minimum Gasteiger partial charge on any atom is -0.336 e. The average Bonchev–Trinajstić information content (AvgIpc) is 3.36. The van der Waals surface area contributed by atoms with Crippen molar-refractivity contribution in [3.05, 3.63) is 65.2 Å². The number of carbonyl (C=O) groups is 1. The predicted molar refractivity (Wildman–Crippen MR) is 126 cm³/mol. The van der Waals surface area contributed by atoms with Crippen LogP contribution in [0.3, 0.4) is 0 Å². The van der Waals surface area contributed by atoms with Crippen molar-refractivity contribution in [1.29, 1.82) is 0 Å². The lowest BCUT2D eigenvalue weighted by molar-refractivity contribution is 0.0628. The van der Waals surface area contributed by atoms with E-state index >= 15 is 0 Å². The highest BCUT2D eigenvalue weighted by Gasteiger charge is 2.28. The summed E-state index contributed by atoms with van der Waals surface area (Å²) < 4.78 is 26.9. The smallest absolute Gasteiger partial charge is 0.253 e. The summed E-state index contributed by atoms with van der Waals surface area (Å²) in [4.78, 5) is 17.4. The van der Waals surface area contributed by atoms with Crippen LogP contribution in [0.4, 0.5) is 0 Å². The number of nitrogens with zero attached hydrogens (tertiary/aromatic N) is 3. The van der Waals surface area contributed by atoms with Gasteiger partial charge < -0.3 is 4.90 Å². The summed E-state index contributed by atoms with van der Waals surface area (Å²) in [5.74, 6) is 0.504. The van der Waals surface area contributed by atoms with Gasteiger partial charge in [0.15, 0.2) is 0 Å². The van der Waals surface area contributed by atoms with E-state index in [0.717, 1.165) is 32.5 Å². The van der Waals surface area contributed by atoms with Crippen LogP contribution in [-0.2, 0) is 16.6 Å². The van der Waals surface area contributed by atoms with E-state index in [-0.39, 0.29) is 10.8 Å². The minimum atomic E-state index is -3.45. The van der Waals surface area contributed by atoms with E-state index in [9.17, 15) is 13.2 Å². The molecule has 0 spiro atoms. The zero-order chi connectivity index (χ0) is 22.7. The number of hydrogen-bond donors (Lipinski definition) is 0. The lowest BCUT2D eigenvalue weighted by atomic mass is 10.0. The molecule has 0 atom stereocenters. The summed E-state index contributed by atoms with van der Waals surface area (Å²) in [7, 11) is -3.45. The van der Waals surface area contributed by atoms with Gasteiger partial charge >= 0.3 is 0 Å². The summed E-state index contributed by atoms with van der Waals surface area (Å²) in [6.07, 6.45) is 1.82. The van der Waals surface area contributed by atoms with Gasteiger partial charge in [-0.25, -0.2) is 8.42 Å². The Morgan fingerprint density at radius 3 is 2.00 bits per heavy atom. The van der Waals surface area contributed by atoms with Gasteiger partial charge in [-0.3, -0.25) is 9.69 Å². The Hall–Kier alpha value is -2.22. The molecule has 0 saturated carbocycles. The molecular formula is C25H33N3O3S. The standard InChI is InChI=1S/C25H33N3O3S/c1-20(2)22-7-5-21(6-8-22)19-26-15-17-27(18-16-26)25(29)23-9-11-24(12-10-23)32(30,31)28-13-3-4-14-28/h5-12,20H,3-4,13-19H2,1-2H3. The third-order valence-electron chi connectivity index (χ3n) is 6.52. The topological polar surface area (TPSA) is 60.9 Å². The quantitative estimate of drug-likeness (QED) is 0.668. The minimum absolute atomic E-state index is 0.0314. The molecule has 2 aliphatic rings. The SMILES string of the molecule is CC(C)c1ccc(CN2CCN(C(=O)c3ccc(S(=O)(=O)N4CCCC4)cc3)CC2)cc1. The molecule has 6 nitrogen and oxygen atoms in total. The highest BCUT2D eigenvalue weighted by Crippen LogP contribution is 2.22. The highest BCUT2D eigenvalue weighted by molar-refractivity contribution is 7.89. The summed E-state index contributed by atoms with van der Waals surface area (Å²) in [5, 5.41) is 0. The van der Waals surface area contributed by atoms with Crippen LogP contribution in [0.5, 0.6) is 0 Å². The lowest BCUT2D eigenvalue weighted by Gasteiger charge is -2.35. The second-order valence-corrected chi connectivity index (χ2v) is 11.0. The summed E-state index contributed by atoms with van der Waals surface area (Å²) in [6, 6.07) is 15.2. The zero-order valence-corrected chi connectivity index (χ0v) is 19.9. The summed E-state index contributed by atoms with van der Waals surface area (Å²) in [5.41, 5.74) is 3.19. The molecular weight excluding hydrogens is 422 g/mol. The number of amides is 1. The Bertz CT molecular complexity index is 1020. The molecule has 7 heteroatoms. The molecule has 0 bridgehead atoms. The van der Waals surface area contributed by atoms with Crippen molar-refractivity contribution in [2.24, 2.45) is 0 Å². The number of hydrogen-bond acceptors (Lipinski definition) is 4. The van der Waals surface area contributed by atoms with Crippen molar-refractivity contribution in [2.75, 3.05) is 39.3 Å². The van der Waals surface area contributed by atoms with Crippen molar-refractivity contribution < 1.29 is 13.2 Å². The molecule has 2 fully saturated rings. The van der Waals surface area contributed by atoms with Crippen LogP contribution in [0.25, 0.3) is 0 Å². The molecule has 2 aromatic carbocycles. The predicted octanol–water partition coefficient (Wildman–Crippen LogP) is 3.55. The first-order valence-electron chi connectivity index (χ1n) is 11.6. The van der Waals surface area contributed by atoms with Crippen molar-refractivity contribution in [2.45, 2.75) is 44.0 Å². The van der Waals surface area contributed by atoms with E-state index in [1.54, 1.807) is 24.3 Å². The van der Waals surface area contributed by atoms with Crippen LogP contribution in [0, 0.1) is 0 Å². The summed E-state index contributed by atoms with van der Waals surface area (Å²) in [6.45, 7) is 9.47. The van der Waals surface area contributed by atoms with Crippen LogP contribution < -0.4 is 0 Å². The fourth-order valence-electron chi connectivity index (χ4n) is 4.40. The third-order valence-corrected chi connectivity index (χ3v) is 8.43. The van der Waals surface area contributed by atoms with Gasteiger partial charge in [-0.15, -0.1) is 0 Å². The zero-order valence-electron chi connectivity index (χ0n) is 19.0. The Labute approximate surface area is 191 Å². The molecule has 2 aromatic rings. The van der Waals surface area contributed by atoms with E-state index in [1.807, 2.05) is 4.90 Å². The van der Waals surface area contributed by atoms with Gasteiger partial charge in [0.1, 0.15) is 0 Å². The molecule has 172 valence electrons. The molecule has 1 amide bonds. The van der Waals surface area contributed by atoms with Crippen molar-refractivity contribution in [1.82, 2.24) is 14.1 Å². The molecule has 2 aliphatic heterocycles. The highest BCUT2D eigenvalue weighted by atomic mass is 32.2. The molecule has 4 rings (SSSR count). The van der Waals surface area contributed by atoms with Crippen LogP contribution in [0.15, 0.2) is 53.4 Å². The monoisotopic (exact) mass is 455 g/mol.